The first-order chi connectivity index (χ1) is 14.7. The molecule has 3 heterocycles. The van der Waals surface area contributed by atoms with E-state index in [0.29, 0.717) is 36.7 Å². The van der Waals surface area contributed by atoms with Gasteiger partial charge in [-0.25, -0.2) is 14.6 Å². The van der Waals surface area contributed by atoms with Crippen LogP contribution in [0.4, 0.5) is 5.82 Å². The topological polar surface area (TPSA) is 89.2 Å². The van der Waals surface area contributed by atoms with Gasteiger partial charge in [0.1, 0.15) is 5.75 Å². The molecule has 0 spiro atoms. The molecule has 8 nitrogen and oxygen atoms in total. The number of aryl methyl sites for hydroxylation is 1. The number of benzene rings is 2. The molecule has 0 unspecified atom stereocenters. The molecule has 1 N–H and O–H groups in total. The summed E-state index contributed by atoms with van der Waals surface area (Å²) in [5, 5.41) is 18.7. The molecule has 0 aliphatic carbocycles. The Kier molecular flexibility index (Phi) is 4.76. The van der Waals surface area contributed by atoms with Gasteiger partial charge in [-0.1, -0.05) is 47.2 Å². The van der Waals surface area contributed by atoms with Gasteiger partial charge in [0.25, 0.3) is 0 Å². The molecule has 1 aliphatic rings. The van der Waals surface area contributed by atoms with Gasteiger partial charge < -0.3 is 14.7 Å². The van der Waals surface area contributed by atoms with E-state index in [1.165, 1.54) is 5.56 Å². The first-order valence-corrected chi connectivity index (χ1v) is 9.96. The minimum absolute atomic E-state index is 0.176. The minimum Gasteiger partial charge on any atom is -0.508 e. The summed E-state index contributed by atoms with van der Waals surface area (Å²) < 4.78 is 7.30. The zero-order valence-corrected chi connectivity index (χ0v) is 16.7. The van der Waals surface area contributed by atoms with E-state index in [9.17, 15) is 5.11 Å². The molecule has 1 saturated heterocycles. The van der Waals surface area contributed by atoms with E-state index in [1.807, 2.05) is 6.07 Å². The van der Waals surface area contributed by atoms with Crippen LogP contribution in [0, 0.1) is 6.92 Å². The Morgan fingerprint density at radius 1 is 1.03 bits per heavy atom. The maximum atomic E-state index is 9.93. The normalized spacial score (nSPS) is 14.4. The fraction of sp³-hybridized carbons (Fsp3) is 0.273. The number of nitrogens with zero attached hydrogens (tertiary/aromatic N) is 6. The van der Waals surface area contributed by atoms with Crippen LogP contribution in [-0.4, -0.2) is 56.4 Å². The minimum atomic E-state index is 0.176. The van der Waals surface area contributed by atoms with Crippen molar-refractivity contribution >= 4 is 17.0 Å². The number of rotatable bonds is 4. The highest BCUT2D eigenvalue weighted by atomic mass is 16.5. The third-order valence-corrected chi connectivity index (χ3v) is 5.21. The number of aromatic nitrogens is 5. The molecule has 0 amide bonds. The van der Waals surface area contributed by atoms with Crippen LogP contribution in [0.3, 0.4) is 0 Å². The second kappa shape index (κ2) is 7.72. The molecule has 5 rings (SSSR count). The van der Waals surface area contributed by atoms with Crippen LogP contribution in [-0.2, 0) is 11.3 Å². The van der Waals surface area contributed by atoms with E-state index in [1.54, 1.807) is 22.9 Å². The molecular formula is C22H22N6O2. The summed E-state index contributed by atoms with van der Waals surface area (Å²) in [4.78, 5) is 11.7. The summed E-state index contributed by atoms with van der Waals surface area (Å²) in [5.41, 5.74) is 4.43. The van der Waals surface area contributed by atoms with Crippen LogP contribution in [0.25, 0.3) is 22.6 Å². The lowest BCUT2D eigenvalue weighted by atomic mass is 10.1. The number of aromatic hydroxyl groups is 1. The molecular weight excluding hydrogens is 380 g/mol. The SMILES string of the molecule is Cc1ccc(Cn2nnc3c(N4CCOCC4)nc(-c4cccc(O)c4)nc32)cc1. The van der Waals surface area contributed by atoms with E-state index < -0.39 is 0 Å². The summed E-state index contributed by atoms with van der Waals surface area (Å²) >= 11 is 0. The fourth-order valence-electron chi connectivity index (χ4n) is 3.58. The quantitative estimate of drug-likeness (QED) is 0.561. The molecule has 0 saturated carbocycles. The number of phenolic OH excluding ortho intramolecular Hbond substituents is 1. The number of anilines is 1. The average molecular weight is 402 g/mol. The van der Waals surface area contributed by atoms with Crippen molar-refractivity contribution in [1.29, 1.82) is 0 Å². The molecule has 0 radical (unpaired) electrons. The smallest absolute Gasteiger partial charge is 0.184 e. The number of hydrogen-bond acceptors (Lipinski definition) is 7. The fourth-order valence-corrected chi connectivity index (χ4v) is 3.58. The highest BCUT2D eigenvalue weighted by Crippen LogP contribution is 2.28. The predicted molar refractivity (Wildman–Crippen MR) is 114 cm³/mol. The first-order valence-electron chi connectivity index (χ1n) is 9.96. The first kappa shape index (κ1) is 18.5. The number of hydrogen-bond donors (Lipinski definition) is 1. The molecule has 30 heavy (non-hydrogen) atoms. The molecule has 2 aromatic heterocycles. The zero-order chi connectivity index (χ0) is 20.5. The van der Waals surface area contributed by atoms with Gasteiger partial charge in [0.05, 0.1) is 19.8 Å². The van der Waals surface area contributed by atoms with Crippen molar-refractivity contribution in [3.63, 3.8) is 0 Å². The molecule has 152 valence electrons. The number of phenols is 1. The highest BCUT2D eigenvalue weighted by Gasteiger charge is 2.22. The lowest BCUT2D eigenvalue weighted by Gasteiger charge is -2.28. The van der Waals surface area contributed by atoms with E-state index >= 15 is 0 Å². The second-order valence-electron chi connectivity index (χ2n) is 7.43. The number of ether oxygens (including phenoxy) is 1. The predicted octanol–water partition coefficient (Wildman–Crippen LogP) is 2.79. The van der Waals surface area contributed by atoms with Gasteiger partial charge in [-0.2, -0.15) is 0 Å². The van der Waals surface area contributed by atoms with E-state index in [2.05, 4.69) is 46.4 Å². The summed E-state index contributed by atoms with van der Waals surface area (Å²) in [6.07, 6.45) is 0. The van der Waals surface area contributed by atoms with Crippen molar-refractivity contribution in [1.82, 2.24) is 25.0 Å². The number of morpholine rings is 1. The van der Waals surface area contributed by atoms with Crippen LogP contribution in [0.2, 0.25) is 0 Å². The third-order valence-electron chi connectivity index (χ3n) is 5.21. The van der Waals surface area contributed by atoms with Gasteiger partial charge >= 0.3 is 0 Å². The third kappa shape index (κ3) is 3.57. The summed E-state index contributed by atoms with van der Waals surface area (Å²) in [6, 6.07) is 15.3. The highest BCUT2D eigenvalue weighted by molar-refractivity contribution is 5.85. The van der Waals surface area contributed by atoms with Crippen molar-refractivity contribution in [3.8, 4) is 17.1 Å². The lowest BCUT2D eigenvalue weighted by Crippen LogP contribution is -2.37. The standard InChI is InChI=1S/C22H22N6O2/c1-15-5-7-16(8-6-15)14-28-22-19(25-26-28)21(27-9-11-30-12-10-27)23-20(24-22)17-3-2-4-18(29)13-17/h2-8,13,29H,9-12,14H2,1H3. The van der Waals surface area contributed by atoms with Crippen LogP contribution < -0.4 is 4.90 Å². The van der Waals surface area contributed by atoms with Crippen molar-refractivity contribution in [2.45, 2.75) is 13.5 Å². The van der Waals surface area contributed by atoms with Gasteiger partial charge in [-0.15, -0.1) is 5.10 Å². The molecule has 1 fully saturated rings. The Morgan fingerprint density at radius 3 is 2.60 bits per heavy atom. The van der Waals surface area contributed by atoms with Crippen molar-refractivity contribution in [3.05, 3.63) is 59.7 Å². The molecule has 0 bridgehead atoms. The van der Waals surface area contributed by atoms with Gasteiger partial charge in [-0.3, -0.25) is 0 Å². The van der Waals surface area contributed by atoms with Crippen LogP contribution >= 0.6 is 0 Å². The van der Waals surface area contributed by atoms with E-state index in [-0.39, 0.29) is 5.75 Å². The van der Waals surface area contributed by atoms with Crippen LogP contribution in [0.1, 0.15) is 11.1 Å². The molecule has 8 heteroatoms. The average Bonchev–Trinajstić information content (AvgIpc) is 3.18. The molecule has 0 atom stereocenters. The van der Waals surface area contributed by atoms with Crippen LogP contribution in [0.5, 0.6) is 5.75 Å². The van der Waals surface area contributed by atoms with E-state index in [4.69, 9.17) is 14.7 Å². The Bertz CT molecular complexity index is 1180. The largest absolute Gasteiger partial charge is 0.508 e. The lowest BCUT2D eigenvalue weighted by molar-refractivity contribution is 0.122. The zero-order valence-electron chi connectivity index (χ0n) is 16.7. The van der Waals surface area contributed by atoms with Gasteiger partial charge in [-0.05, 0) is 24.6 Å². The molecule has 1 aliphatic heterocycles. The number of fused-ring (bicyclic) bond motifs is 1. The molecule has 4 aromatic rings. The van der Waals surface area contributed by atoms with Gasteiger partial charge in [0, 0.05) is 18.7 Å². The van der Waals surface area contributed by atoms with Crippen molar-refractivity contribution in [2.24, 2.45) is 0 Å². The Morgan fingerprint density at radius 2 is 1.83 bits per heavy atom. The maximum absolute atomic E-state index is 9.93. The van der Waals surface area contributed by atoms with E-state index in [0.717, 1.165) is 30.0 Å². The van der Waals surface area contributed by atoms with Crippen molar-refractivity contribution < 1.29 is 9.84 Å². The van der Waals surface area contributed by atoms with Crippen LogP contribution in [0.15, 0.2) is 48.5 Å². The van der Waals surface area contributed by atoms with Gasteiger partial charge in [0.2, 0.25) is 0 Å². The maximum Gasteiger partial charge on any atom is 0.184 e. The Hall–Kier alpha value is -3.52. The Balaban J connectivity index is 1.63. The Labute approximate surface area is 173 Å². The summed E-state index contributed by atoms with van der Waals surface area (Å²) in [7, 11) is 0. The molecule has 2 aromatic carbocycles. The summed E-state index contributed by atoms with van der Waals surface area (Å²) in [5.74, 6) is 1.46. The van der Waals surface area contributed by atoms with Crippen molar-refractivity contribution in [2.75, 3.05) is 31.2 Å². The second-order valence-corrected chi connectivity index (χ2v) is 7.43. The monoisotopic (exact) mass is 402 g/mol. The summed E-state index contributed by atoms with van der Waals surface area (Å²) in [6.45, 7) is 5.38. The van der Waals surface area contributed by atoms with Gasteiger partial charge in [0.15, 0.2) is 22.8 Å².